The predicted molar refractivity (Wildman–Crippen MR) is 24.1 cm³/mol. The van der Waals surface area contributed by atoms with E-state index in [-0.39, 0.29) is 6.67 Å². The number of aliphatic hydroxyl groups excluding tert-OH is 1. The van der Waals surface area contributed by atoms with E-state index in [9.17, 15) is 5.21 Å². The zero-order valence-electron chi connectivity index (χ0n) is 3.79. The van der Waals surface area contributed by atoms with Crippen LogP contribution in [0.1, 0.15) is 0 Å². The van der Waals surface area contributed by atoms with Crippen molar-refractivity contribution in [3.05, 3.63) is 5.21 Å². The lowest BCUT2D eigenvalue weighted by atomic mass is 10.6. The first kappa shape index (κ1) is 4.99. The first-order chi connectivity index (χ1) is 3.30. The number of aliphatic hydroxyl groups is 1. The van der Waals surface area contributed by atoms with E-state index in [1.54, 1.807) is 0 Å². The number of hydrogen-bond donors (Lipinski definition) is 2. The molecule has 1 aliphatic rings. The minimum absolute atomic E-state index is 0.251. The van der Waals surface area contributed by atoms with Gasteiger partial charge in [-0.05, 0) is 0 Å². The second-order valence-electron chi connectivity index (χ2n) is 1.51. The van der Waals surface area contributed by atoms with Gasteiger partial charge in [0.05, 0.1) is 0 Å². The first-order valence-corrected chi connectivity index (χ1v) is 2.13. The van der Waals surface area contributed by atoms with Crippen molar-refractivity contribution < 1.29 is 5.11 Å². The van der Waals surface area contributed by atoms with Crippen LogP contribution in [0.25, 0.3) is 0 Å². The highest BCUT2D eigenvalue weighted by Crippen LogP contribution is 1.95. The first-order valence-electron chi connectivity index (χ1n) is 2.13. The van der Waals surface area contributed by atoms with Gasteiger partial charge in [0.15, 0.2) is 0 Å². The van der Waals surface area contributed by atoms with Crippen molar-refractivity contribution in [2.75, 3.05) is 13.2 Å². The van der Waals surface area contributed by atoms with Crippen LogP contribution in [0.4, 0.5) is 0 Å². The second-order valence-corrected chi connectivity index (χ2v) is 1.51. The molecule has 2 N–H and O–H groups in total. The monoisotopic (exact) mass is 103 g/mol. The van der Waals surface area contributed by atoms with Crippen LogP contribution in [-0.2, 0) is 0 Å². The predicted octanol–water partition coefficient (Wildman–Crippen LogP) is -1.33. The summed E-state index contributed by atoms with van der Waals surface area (Å²) in [6, 6.07) is 0. The fraction of sp³-hybridized carbons (Fsp3) is 1.00. The molecule has 0 aliphatic carbocycles. The van der Waals surface area contributed by atoms with Crippen molar-refractivity contribution in [3.8, 4) is 0 Å². The molecule has 42 valence electrons. The molecule has 0 saturated carbocycles. The number of nitrogens with zero attached hydrogens (tertiary/aromatic N) is 1. The molecule has 0 aromatic heterocycles. The Bertz CT molecular complexity index is 60.0. The zero-order valence-corrected chi connectivity index (χ0v) is 3.79. The molecule has 1 saturated heterocycles. The zero-order chi connectivity index (χ0) is 5.28. The Kier molecular flexibility index (Phi) is 1.25. The summed E-state index contributed by atoms with van der Waals surface area (Å²) in [4.78, 5) is 0. The molecule has 0 bridgehead atoms. The lowest BCUT2D eigenvalue weighted by Gasteiger charge is -2.23. The van der Waals surface area contributed by atoms with Gasteiger partial charge in [-0.3, -0.25) is 0 Å². The largest absolute Gasteiger partial charge is 0.782 e. The van der Waals surface area contributed by atoms with Gasteiger partial charge in [0.1, 0.15) is 6.23 Å². The standard InChI is InChI=1S/C3H7N2O2/c6-3-1-4-2-5(3)7/h3-4,6H,1-2H2/q-1. The summed E-state index contributed by atoms with van der Waals surface area (Å²) in [6.07, 6.45) is -0.819. The topological polar surface area (TPSA) is 58.6 Å². The molecule has 1 unspecified atom stereocenters. The summed E-state index contributed by atoms with van der Waals surface area (Å²) in [5, 5.41) is 22.0. The highest BCUT2D eigenvalue weighted by Gasteiger charge is 2.10. The molecule has 1 atom stereocenters. The summed E-state index contributed by atoms with van der Waals surface area (Å²) < 4.78 is 0. The molecule has 4 heteroatoms. The Labute approximate surface area is 41.3 Å². The van der Waals surface area contributed by atoms with Crippen LogP contribution in [0.2, 0.25) is 0 Å². The maximum absolute atomic E-state index is 10.2. The molecule has 1 heterocycles. The molecule has 0 aromatic rings. The van der Waals surface area contributed by atoms with Crippen LogP contribution < -0.4 is 5.32 Å². The third-order valence-corrected chi connectivity index (χ3v) is 0.927. The van der Waals surface area contributed by atoms with Crippen molar-refractivity contribution in [1.29, 1.82) is 0 Å². The van der Waals surface area contributed by atoms with E-state index < -0.39 is 6.23 Å². The normalized spacial score (nSPS) is 34.3. The van der Waals surface area contributed by atoms with Gasteiger partial charge in [0.2, 0.25) is 0 Å². The molecule has 0 aromatic carbocycles. The average Bonchev–Trinajstić information content (AvgIpc) is 1.91. The van der Waals surface area contributed by atoms with Crippen molar-refractivity contribution in [2.45, 2.75) is 6.23 Å². The Balaban J connectivity index is 2.33. The number of β-amino-alcohol motifs (C(OH)–C–C–N with tert-alkyl or cyclic N) is 1. The molecule has 1 fully saturated rings. The Morgan fingerprint density at radius 1 is 1.86 bits per heavy atom. The highest BCUT2D eigenvalue weighted by molar-refractivity contribution is 4.69. The van der Waals surface area contributed by atoms with Gasteiger partial charge < -0.3 is 20.7 Å². The maximum Gasteiger partial charge on any atom is 0.109 e. The molecule has 1 aliphatic heterocycles. The molecular formula is C3H7N2O2-. The van der Waals surface area contributed by atoms with Crippen molar-refractivity contribution in [2.24, 2.45) is 0 Å². The van der Waals surface area contributed by atoms with E-state index in [0.29, 0.717) is 11.6 Å². The molecule has 4 nitrogen and oxygen atoms in total. The van der Waals surface area contributed by atoms with Crippen LogP contribution in [0, 0.1) is 5.21 Å². The van der Waals surface area contributed by atoms with Gasteiger partial charge in [0.25, 0.3) is 0 Å². The number of hydrogen-bond acceptors (Lipinski definition) is 4. The number of rotatable bonds is 0. The van der Waals surface area contributed by atoms with E-state index in [4.69, 9.17) is 5.11 Å². The summed E-state index contributed by atoms with van der Waals surface area (Å²) in [7, 11) is 0. The van der Waals surface area contributed by atoms with Gasteiger partial charge >= 0.3 is 0 Å². The van der Waals surface area contributed by atoms with E-state index in [0.717, 1.165) is 0 Å². The second kappa shape index (κ2) is 1.75. The fourth-order valence-electron chi connectivity index (χ4n) is 0.511. The maximum atomic E-state index is 10.2. The van der Waals surface area contributed by atoms with Crippen LogP contribution in [0.3, 0.4) is 0 Å². The quantitative estimate of drug-likeness (QED) is 0.398. The van der Waals surface area contributed by atoms with Crippen LogP contribution >= 0.6 is 0 Å². The summed E-state index contributed by atoms with van der Waals surface area (Å²) >= 11 is 0. The molecule has 7 heavy (non-hydrogen) atoms. The number of nitrogens with one attached hydrogen (secondary N) is 1. The van der Waals surface area contributed by atoms with Gasteiger partial charge in [-0.1, -0.05) is 0 Å². The summed E-state index contributed by atoms with van der Waals surface area (Å²) in [6.45, 7) is 0.644. The molecule has 0 radical (unpaired) electrons. The van der Waals surface area contributed by atoms with Gasteiger partial charge in [-0.15, -0.1) is 0 Å². The molecule has 0 spiro atoms. The van der Waals surface area contributed by atoms with Gasteiger partial charge in [-0.2, -0.15) is 0 Å². The third kappa shape index (κ3) is 0.889. The third-order valence-electron chi connectivity index (χ3n) is 0.927. The molecule has 1 rings (SSSR count). The van der Waals surface area contributed by atoms with Crippen LogP contribution in [-0.4, -0.2) is 29.6 Å². The summed E-state index contributed by atoms with van der Waals surface area (Å²) in [5.74, 6) is 0. The number of hydroxylamine groups is 2. The molecular weight excluding hydrogens is 96.0 g/mol. The van der Waals surface area contributed by atoms with Crippen molar-refractivity contribution in [3.63, 3.8) is 0 Å². The van der Waals surface area contributed by atoms with Crippen molar-refractivity contribution >= 4 is 0 Å². The Morgan fingerprint density at radius 3 is 2.71 bits per heavy atom. The van der Waals surface area contributed by atoms with Gasteiger partial charge in [-0.25, -0.2) is 0 Å². The summed E-state index contributed by atoms with van der Waals surface area (Å²) in [5.41, 5.74) is 0. The molecule has 0 amide bonds. The van der Waals surface area contributed by atoms with E-state index in [1.165, 1.54) is 0 Å². The van der Waals surface area contributed by atoms with E-state index >= 15 is 0 Å². The minimum atomic E-state index is -0.819. The van der Waals surface area contributed by atoms with Gasteiger partial charge in [0, 0.05) is 13.2 Å². The van der Waals surface area contributed by atoms with E-state index in [2.05, 4.69) is 5.32 Å². The van der Waals surface area contributed by atoms with Crippen molar-refractivity contribution in [1.82, 2.24) is 10.4 Å². The fourth-order valence-corrected chi connectivity index (χ4v) is 0.511. The minimum Gasteiger partial charge on any atom is -0.782 e. The SMILES string of the molecule is [O-]N1CNCC1O. The Hall–Kier alpha value is -0.160. The highest BCUT2D eigenvalue weighted by atomic mass is 16.5. The van der Waals surface area contributed by atoms with E-state index in [1.807, 2.05) is 0 Å². The Morgan fingerprint density at radius 2 is 2.57 bits per heavy atom. The van der Waals surface area contributed by atoms with Crippen LogP contribution in [0.5, 0.6) is 0 Å². The average molecular weight is 103 g/mol. The lowest BCUT2D eigenvalue weighted by Crippen LogP contribution is -2.23. The smallest absolute Gasteiger partial charge is 0.109 e. The lowest BCUT2D eigenvalue weighted by molar-refractivity contribution is 0.0825. The van der Waals surface area contributed by atoms with Crippen LogP contribution in [0.15, 0.2) is 0 Å².